The molecule has 24 heavy (non-hydrogen) atoms. The molecule has 2 heterocycles. The van der Waals surface area contributed by atoms with Gasteiger partial charge in [-0.2, -0.15) is 9.29 Å². The summed E-state index contributed by atoms with van der Waals surface area (Å²) in [7, 11) is -10.3. The summed E-state index contributed by atoms with van der Waals surface area (Å²) in [6, 6.07) is 1.34. The van der Waals surface area contributed by atoms with Crippen LogP contribution in [0.25, 0.3) is 0 Å². The Balaban J connectivity index is 2.00. The van der Waals surface area contributed by atoms with Crippen LogP contribution in [0.15, 0.2) is 17.1 Å². The van der Waals surface area contributed by atoms with E-state index in [0.717, 1.165) is 4.57 Å². The Morgan fingerprint density at radius 3 is 2.67 bits per heavy atom. The molecule has 1 saturated heterocycles. The largest absolute Gasteiger partial charge is 0.481 e. The third-order valence-electron chi connectivity index (χ3n) is 2.98. The summed E-state index contributed by atoms with van der Waals surface area (Å²) >= 11 is 0. The lowest BCUT2D eigenvalue weighted by atomic mass is 10.2. The number of hydrogen-bond donors (Lipinski definition) is 5. The number of aliphatic hydroxyl groups is 1. The van der Waals surface area contributed by atoms with Gasteiger partial charge in [-0.1, -0.05) is 0 Å². The molecular weight excluding hydrogens is 372 g/mol. The molecule has 1 aromatic heterocycles. The minimum absolute atomic E-state index is 0.00508. The van der Waals surface area contributed by atoms with Crippen LogP contribution in [0.3, 0.4) is 0 Å². The van der Waals surface area contributed by atoms with E-state index in [1.165, 1.54) is 12.3 Å². The van der Waals surface area contributed by atoms with Gasteiger partial charge in [-0.05, 0) is 6.07 Å². The first-order chi connectivity index (χ1) is 11.0. The fourth-order valence-electron chi connectivity index (χ4n) is 2.01. The van der Waals surface area contributed by atoms with E-state index >= 15 is 0 Å². The van der Waals surface area contributed by atoms with Crippen molar-refractivity contribution in [3.8, 4) is 0 Å². The average Bonchev–Trinajstić information content (AvgIpc) is 2.75. The van der Waals surface area contributed by atoms with Gasteiger partial charge < -0.3 is 30.3 Å². The van der Waals surface area contributed by atoms with E-state index in [-0.39, 0.29) is 12.2 Å². The quantitative estimate of drug-likeness (QED) is 0.361. The molecule has 1 aliphatic rings. The van der Waals surface area contributed by atoms with E-state index in [9.17, 15) is 19.0 Å². The highest BCUT2D eigenvalue weighted by Crippen LogP contribution is 2.57. The van der Waals surface area contributed by atoms with Crippen molar-refractivity contribution in [2.45, 2.75) is 24.9 Å². The van der Waals surface area contributed by atoms with Gasteiger partial charge in [0.2, 0.25) is 0 Å². The molecule has 0 amide bonds. The number of nitrogens with zero attached hydrogens (tertiary/aromatic N) is 2. The summed E-state index contributed by atoms with van der Waals surface area (Å²) in [5.74, 6) is 0.00508. The maximum atomic E-state index is 11.7. The molecule has 1 aliphatic heterocycles. The van der Waals surface area contributed by atoms with Gasteiger partial charge in [-0.3, -0.25) is 9.09 Å². The Morgan fingerprint density at radius 1 is 1.42 bits per heavy atom. The van der Waals surface area contributed by atoms with Gasteiger partial charge in [0, 0.05) is 12.6 Å². The van der Waals surface area contributed by atoms with Crippen molar-refractivity contribution in [3.05, 3.63) is 22.7 Å². The van der Waals surface area contributed by atoms with Gasteiger partial charge in [-0.15, -0.1) is 0 Å². The SMILES string of the molecule is Nc1ccn([C@H]2C[C@H](O)[C@H](COP(=O)(O)OP(=O)(O)O)O2)c(=O)n1. The molecule has 0 saturated carbocycles. The Morgan fingerprint density at radius 2 is 2.08 bits per heavy atom. The summed E-state index contributed by atoms with van der Waals surface area (Å²) in [4.78, 5) is 41.3. The van der Waals surface area contributed by atoms with Crippen LogP contribution in [0.2, 0.25) is 0 Å². The van der Waals surface area contributed by atoms with Gasteiger partial charge >= 0.3 is 21.3 Å². The molecule has 1 aromatic rings. The monoisotopic (exact) mass is 387 g/mol. The van der Waals surface area contributed by atoms with Crippen LogP contribution >= 0.6 is 15.6 Å². The van der Waals surface area contributed by atoms with Gasteiger partial charge in [-0.25, -0.2) is 13.9 Å². The average molecular weight is 387 g/mol. The van der Waals surface area contributed by atoms with Crippen LogP contribution in [-0.4, -0.2) is 48.2 Å². The minimum atomic E-state index is -5.24. The van der Waals surface area contributed by atoms with E-state index in [1.54, 1.807) is 0 Å². The maximum Gasteiger partial charge on any atom is 0.481 e. The number of ether oxygens (including phenoxy) is 1. The van der Waals surface area contributed by atoms with Crippen molar-refractivity contribution in [1.29, 1.82) is 0 Å². The maximum absolute atomic E-state index is 11.7. The second-order valence-electron chi connectivity index (χ2n) is 4.81. The zero-order valence-corrected chi connectivity index (χ0v) is 13.7. The lowest BCUT2D eigenvalue weighted by Crippen LogP contribution is -2.28. The van der Waals surface area contributed by atoms with Crippen molar-refractivity contribution >= 4 is 21.5 Å². The number of nitrogens with two attached hydrogens (primary N) is 1. The topological polar surface area (TPSA) is 204 Å². The van der Waals surface area contributed by atoms with E-state index < -0.39 is 46.4 Å². The predicted molar refractivity (Wildman–Crippen MR) is 76.3 cm³/mol. The van der Waals surface area contributed by atoms with Crippen LogP contribution in [-0.2, 0) is 22.7 Å². The van der Waals surface area contributed by atoms with Crippen LogP contribution in [0, 0.1) is 0 Å². The summed E-state index contributed by atoms with van der Waals surface area (Å²) in [5, 5.41) is 9.86. The molecule has 136 valence electrons. The number of hydrogen-bond acceptors (Lipinski definition) is 9. The summed E-state index contributed by atoms with van der Waals surface area (Å²) in [5.41, 5.74) is 4.64. The number of aromatic nitrogens is 2. The third-order valence-corrected chi connectivity index (χ3v) is 5.13. The molecule has 13 nitrogen and oxygen atoms in total. The molecule has 0 aliphatic carbocycles. The Hall–Kier alpha value is -1.14. The minimum Gasteiger partial charge on any atom is -0.390 e. The molecule has 0 radical (unpaired) electrons. The highest BCUT2D eigenvalue weighted by Gasteiger charge is 2.39. The molecule has 0 aromatic carbocycles. The van der Waals surface area contributed by atoms with Gasteiger partial charge in [0.1, 0.15) is 18.1 Å². The molecule has 1 fully saturated rings. The van der Waals surface area contributed by atoms with Crippen molar-refractivity contribution < 1.29 is 42.5 Å². The molecular formula is C9H15N3O10P2. The zero-order valence-electron chi connectivity index (χ0n) is 11.9. The van der Waals surface area contributed by atoms with Gasteiger partial charge in [0.05, 0.1) is 12.7 Å². The molecule has 0 spiro atoms. The molecule has 4 atom stereocenters. The first-order valence-corrected chi connectivity index (χ1v) is 9.42. The second-order valence-corrected chi connectivity index (χ2v) is 7.64. The van der Waals surface area contributed by atoms with Crippen molar-refractivity contribution in [2.24, 2.45) is 0 Å². The van der Waals surface area contributed by atoms with E-state index in [4.69, 9.17) is 25.2 Å². The molecule has 1 unspecified atom stereocenters. The summed E-state index contributed by atoms with van der Waals surface area (Å²) in [6.07, 6.45) is -1.97. The van der Waals surface area contributed by atoms with Crippen LogP contribution in [0.1, 0.15) is 12.6 Å². The standard InChI is InChI=1S/C9H15N3O10P2/c10-7-1-2-12(9(14)11-7)8-3-5(13)6(21-8)4-20-24(18,19)22-23(15,16)17/h1-2,5-6,8,13H,3-4H2,(H,18,19)(H2,10,11,14)(H2,15,16,17)/t5-,6-,8+/m0/s1. The Labute approximate surface area is 134 Å². The van der Waals surface area contributed by atoms with E-state index in [0.29, 0.717) is 0 Å². The van der Waals surface area contributed by atoms with E-state index in [2.05, 4.69) is 13.8 Å². The first kappa shape index (κ1) is 19.2. The Kier molecular flexibility index (Phi) is 5.60. The highest BCUT2D eigenvalue weighted by atomic mass is 31.3. The normalized spacial score (nSPS) is 27.1. The number of phosphoric ester groups is 1. The summed E-state index contributed by atoms with van der Waals surface area (Å²) in [6.45, 7) is -0.706. The molecule has 6 N–H and O–H groups in total. The lowest BCUT2D eigenvalue weighted by molar-refractivity contribution is -0.0449. The van der Waals surface area contributed by atoms with Crippen molar-refractivity contribution in [1.82, 2.24) is 9.55 Å². The van der Waals surface area contributed by atoms with Gasteiger partial charge in [0.15, 0.2) is 0 Å². The fraction of sp³-hybridized carbons (Fsp3) is 0.556. The number of phosphoric acid groups is 2. The van der Waals surface area contributed by atoms with Crippen LogP contribution in [0.4, 0.5) is 5.82 Å². The molecule has 15 heteroatoms. The van der Waals surface area contributed by atoms with Crippen molar-refractivity contribution in [2.75, 3.05) is 12.3 Å². The van der Waals surface area contributed by atoms with Crippen molar-refractivity contribution in [3.63, 3.8) is 0 Å². The molecule has 2 rings (SSSR count). The Bertz CT molecular complexity index is 747. The smallest absolute Gasteiger partial charge is 0.390 e. The zero-order chi connectivity index (χ0) is 18.1. The first-order valence-electron chi connectivity index (χ1n) is 6.39. The number of anilines is 1. The van der Waals surface area contributed by atoms with Crippen LogP contribution in [0.5, 0.6) is 0 Å². The highest BCUT2D eigenvalue weighted by molar-refractivity contribution is 7.60. The van der Waals surface area contributed by atoms with Crippen LogP contribution < -0.4 is 11.4 Å². The third kappa shape index (κ3) is 5.18. The summed E-state index contributed by atoms with van der Waals surface area (Å²) < 4.78 is 36.2. The predicted octanol–water partition coefficient (Wildman–Crippen LogP) is -1.30. The fourth-order valence-corrected chi connectivity index (χ4v) is 3.61. The lowest BCUT2D eigenvalue weighted by Gasteiger charge is -2.18. The number of rotatable bonds is 6. The van der Waals surface area contributed by atoms with Gasteiger partial charge in [0.25, 0.3) is 0 Å². The van der Waals surface area contributed by atoms with E-state index in [1.807, 2.05) is 0 Å². The molecule has 0 bridgehead atoms. The second kappa shape index (κ2) is 7.00. The number of aliphatic hydroxyl groups excluding tert-OH is 1. The number of nitrogen functional groups attached to an aromatic ring is 1.